The quantitative estimate of drug-likeness (QED) is 0.821. The lowest BCUT2D eigenvalue weighted by molar-refractivity contribution is -0.118. The van der Waals surface area contributed by atoms with Crippen molar-refractivity contribution in [2.75, 3.05) is 0 Å². The zero-order valence-corrected chi connectivity index (χ0v) is 14.2. The molecule has 1 saturated carbocycles. The van der Waals surface area contributed by atoms with Crippen molar-refractivity contribution in [3.8, 4) is 0 Å². The third-order valence-electron chi connectivity index (χ3n) is 4.27. The van der Waals surface area contributed by atoms with Crippen LogP contribution in [0.2, 0.25) is 0 Å². The summed E-state index contributed by atoms with van der Waals surface area (Å²) in [5.41, 5.74) is 0.688. The zero-order chi connectivity index (χ0) is 17.6. The summed E-state index contributed by atoms with van der Waals surface area (Å²) < 4.78 is 5.51. The Kier molecular flexibility index (Phi) is 5.33. The van der Waals surface area contributed by atoms with Gasteiger partial charge in [-0.05, 0) is 44.0 Å². The van der Waals surface area contributed by atoms with Gasteiger partial charge in [0.1, 0.15) is 17.2 Å². The van der Waals surface area contributed by atoms with Gasteiger partial charge in [-0.15, -0.1) is 0 Å². The van der Waals surface area contributed by atoms with E-state index in [9.17, 15) is 9.59 Å². The molecule has 2 aromatic rings. The van der Waals surface area contributed by atoms with Crippen LogP contribution in [0.5, 0.6) is 0 Å². The largest absolute Gasteiger partial charge is 0.462 e. The van der Waals surface area contributed by atoms with Crippen LogP contribution in [0.15, 0.2) is 52.6 Å². The molecular formula is C20H22N2O3. The summed E-state index contributed by atoms with van der Waals surface area (Å²) in [6.45, 7) is 1.83. The van der Waals surface area contributed by atoms with E-state index in [1.807, 2.05) is 19.1 Å². The number of rotatable bonds is 5. The van der Waals surface area contributed by atoms with Gasteiger partial charge in [-0.25, -0.2) is 0 Å². The number of carbonyl (C=O) groups excluding carboxylic acids is 2. The number of hydrogen-bond donors (Lipinski definition) is 2. The van der Waals surface area contributed by atoms with Gasteiger partial charge in [-0.2, -0.15) is 0 Å². The van der Waals surface area contributed by atoms with Gasteiger partial charge in [0.25, 0.3) is 11.8 Å². The van der Waals surface area contributed by atoms with Crippen LogP contribution in [-0.2, 0) is 4.79 Å². The van der Waals surface area contributed by atoms with Crippen molar-refractivity contribution >= 4 is 17.9 Å². The first kappa shape index (κ1) is 17.0. The number of amides is 2. The van der Waals surface area contributed by atoms with Gasteiger partial charge in [0.15, 0.2) is 0 Å². The summed E-state index contributed by atoms with van der Waals surface area (Å²) in [4.78, 5) is 25.1. The molecule has 2 N–H and O–H groups in total. The van der Waals surface area contributed by atoms with Crippen LogP contribution in [0.1, 0.15) is 47.6 Å². The van der Waals surface area contributed by atoms with E-state index in [-0.39, 0.29) is 23.6 Å². The molecule has 1 aromatic carbocycles. The topological polar surface area (TPSA) is 71.3 Å². The smallest absolute Gasteiger partial charge is 0.268 e. The van der Waals surface area contributed by atoms with E-state index >= 15 is 0 Å². The standard InChI is InChI=1S/C20H22N2O3/c1-14-11-12-17(25-14)13-18(20(24)21-16-9-5-6-10-16)22-19(23)15-7-3-2-4-8-15/h2-4,7-8,11-13,16H,5-6,9-10H2,1H3,(H,21,24)(H,22,23)/b18-13+. The fourth-order valence-corrected chi connectivity index (χ4v) is 2.95. The lowest BCUT2D eigenvalue weighted by Gasteiger charge is -2.15. The highest BCUT2D eigenvalue weighted by atomic mass is 16.3. The second-order valence-electron chi connectivity index (χ2n) is 6.28. The summed E-state index contributed by atoms with van der Waals surface area (Å²) in [5, 5.41) is 5.71. The van der Waals surface area contributed by atoms with Gasteiger partial charge in [-0.1, -0.05) is 31.0 Å². The highest BCUT2D eigenvalue weighted by Crippen LogP contribution is 2.18. The number of aryl methyl sites for hydroxylation is 1. The molecule has 0 saturated heterocycles. The van der Waals surface area contributed by atoms with Crippen molar-refractivity contribution in [1.82, 2.24) is 10.6 Å². The normalized spacial score (nSPS) is 15.2. The van der Waals surface area contributed by atoms with Crippen LogP contribution in [0.25, 0.3) is 6.08 Å². The van der Waals surface area contributed by atoms with Crippen molar-refractivity contribution in [2.45, 2.75) is 38.6 Å². The van der Waals surface area contributed by atoms with Crippen molar-refractivity contribution in [3.05, 3.63) is 65.2 Å². The van der Waals surface area contributed by atoms with E-state index < -0.39 is 0 Å². The van der Waals surface area contributed by atoms with Gasteiger partial charge in [0, 0.05) is 17.7 Å². The van der Waals surface area contributed by atoms with Gasteiger partial charge in [-0.3, -0.25) is 9.59 Å². The molecule has 1 aliphatic rings. The first-order valence-corrected chi connectivity index (χ1v) is 8.57. The number of nitrogens with one attached hydrogen (secondary N) is 2. The van der Waals surface area contributed by atoms with Crippen LogP contribution < -0.4 is 10.6 Å². The Balaban J connectivity index is 1.79. The number of hydrogen-bond acceptors (Lipinski definition) is 3. The highest BCUT2D eigenvalue weighted by Gasteiger charge is 2.21. The molecule has 0 bridgehead atoms. The minimum Gasteiger partial charge on any atom is -0.462 e. The predicted molar refractivity (Wildman–Crippen MR) is 95.7 cm³/mol. The van der Waals surface area contributed by atoms with Gasteiger partial charge >= 0.3 is 0 Å². The van der Waals surface area contributed by atoms with Crippen molar-refractivity contribution in [3.63, 3.8) is 0 Å². The van der Waals surface area contributed by atoms with Crippen LogP contribution >= 0.6 is 0 Å². The summed E-state index contributed by atoms with van der Waals surface area (Å²) in [6, 6.07) is 12.6. The molecule has 1 heterocycles. The van der Waals surface area contributed by atoms with Crippen molar-refractivity contribution < 1.29 is 14.0 Å². The Morgan fingerprint density at radius 1 is 1.08 bits per heavy atom. The van der Waals surface area contributed by atoms with E-state index in [0.717, 1.165) is 31.4 Å². The molecule has 1 fully saturated rings. The van der Waals surface area contributed by atoms with Crippen LogP contribution in [0.4, 0.5) is 0 Å². The average molecular weight is 338 g/mol. The summed E-state index contributed by atoms with van der Waals surface area (Å²) in [7, 11) is 0. The minimum atomic E-state index is -0.322. The van der Waals surface area contributed by atoms with Gasteiger partial charge in [0.05, 0.1) is 0 Å². The van der Waals surface area contributed by atoms with Gasteiger partial charge < -0.3 is 15.1 Å². The second-order valence-corrected chi connectivity index (χ2v) is 6.28. The molecule has 130 valence electrons. The molecule has 0 aliphatic heterocycles. The molecule has 1 aromatic heterocycles. The first-order valence-electron chi connectivity index (χ1n) is 8.57. The third kappa shape index (κ3) is 4.59. The average Bonchev–Trinajstić information content (AvgIpc) is 3.26. The lowest BCUT2D eigenvalue weighted by Crippen LogP contribution is -2.39. The number of furan rings is 1. The van der Waals surface area contributed by atoms with Crippen molar-refractivity contribution in [2.24, 2.45) is 0 Å². The molecule has 5 heteroatoms. The van der Waals surface area contributed by atoms with E-state index in [4.69, 9.17) is 4.42 Å². The summed E-state index contributed by atoms with van der Waals surface area (Å²) in [6.07, 6.45) is 5.77. The number of carbonyl (C=O) groups is 2. The monoisotopic (exact) mass is 338 g/mol. The third-order valence-corrected chi connectivity index (χ3v) is 4.27. The van der Waals surface area contributed by atoms with Crippen LogP contribution in [0, 0.1) is 6.92 Å². The maximum Gasteiger partial charge on any atom is 0.268 e. The Hall–Kier alpha value is -2.82. The van der Waals surface area contributed by atoms with Crippen LogP contribution in [0.3, 0.4) is 0 Å². The summed E-state index contributed by atoms with van der Waals surface area (Å²) in [5.74, 6) is 0.667. The lowest BCUT2D eigenvalue weighted by atomic mass is 10.2. The molecule has 2 amide bonds. The predicted octanol–water partition coefficient (Wildman–Crippen LogP) is 3.42. The fraction of sp³-hybridized carbons (Fsp3) is 0.300. The summed E-state index contributed by atoms with van der Waals surface area (Å²) >= 11 is 0. The first-order chi connectivity index (χ1) is 12.1. The molecule has 0 atom stereocenters. The maximum atomic E-state index is 12.6. The van der Waals surface area contributed by atoms with Crippen LogP contribution in [-0.4, -0.2) is 17.9 Å². The molecule has 3 rings (SSSR count). The Labute approximate surface area is 147 Å². The molecule has 0 radical (unpaired) electrons. The number of benzene rings is 1. The van der Waals surface area contributed by atoms with E-state index in [2.05, 4.69) is 10.6 Å². The molecular weight excluding hydrogens is 316 g/mol. The Morgan fingerprint density at radius 2 is 1.80 bits per heavy atom. The second kappa shape index (κ2) is 7.83. The Bertz CT molecular complexity index is 771. The van der Waals surface area contributed by atoms with E-state index in [1.165, 1.54) is 0 Å². The van der Waals surface area contributed by atoms with E-state index in [0.29, 0.717) is 11.3 Å². The highest BCUT2D eigenvalue weighted by molar-refractivity contribution is 6.05. The fourth-order valence-electron chi connectivity index (χ4n) is 2.95. The molecule has 0 unspecified atom stereocenters. The minimum absolute atomic E-state index is 0.169. The van der Waals surface area contributed by atoms with E-state index in [1.54, 1.807) is 36.4 Å². The molecule has 1 aliphatic carbocycles. The van der Waals surface area contributed by atoms with Crippen molar-refractivity contribution in [1.29, 1.82) is 0 Å². The Morgan fingerprint density at radius 3 is 2.44 bits per heavy atom. The SMILES string of the molecule is Cc1ccc(/C=C(/NC(=O)c2ccccc2)C(=O)NC2CCCC2)o1. The van der Waals surface area contributed by atoms with Gasteiger partial charge in [0.2, 0.25) is 0 Å². The maximum absolute atomic E-state index is 12.6. The molecule has 25 heavy (non-hydrogen) atoms. The molecule has 0 spiro atoms. The zero-order valence-electron chi connectivity index (χ0n) is 14.2. The molecule has 5 nitrogen and oxygen atoms in total.